The van der Waals surface area contributed by atoms with Crippen molar-refractivity contribution in [1.29, 1.82) is 0 Å². The maximum absolute atomic E-state index is 13.5. The van der Waals surface area contributed by atoms with Gasteiger partial charge in [0.25, 0.3) is 5.91 Å². The van der Waals surface area contributed by atoms with Gasteiger partial charge in [-0.2, -0.15) is 0 Å². The van der Waals surface area contributed by atoms with Gasteiger partial charge in [0.05, 0.1) is 17.3 Å². The maximum Gasteiger partial charge on any atom is 0.252 e. The minimum atomic E-state index is -0.933. The lowest BCUT2D eigenvalue weighted by Crippen LogP contribution is -2.27. The van der Waals surface area contributed by atoms with Gasteiger partial charge in [-0.1, -0.05) is 24.3 Å². The molecule has 1 amide bonds. The Bertz CT molecular complexity index is 1180. The molecule has 0 unspecified atom stereocenters. The van der Waals surface area contributed by atoms with Crippen LogP contribution in [0.3, 0.4) is 0 Å². The van der Waals surface area contributed by atoms with Crippen LogP contribution in [0.5, 0.6) is 0 Å². The van der Waals surface area contributed by atoms with E-state index in [1.165, 1.54) is 17.8 Å². The van der Waals surface area contributed by atoms with Crippen LogP contribution in [-0.4, -0.2) is 15.3 Å². The number of amides is 1. The minimum absolute atomic E-state index is 0.273. The van der Waals surface area contributed by atoms with Crippen LogP contribution >= 0.6 is 11.8 Å². The van der Waals surface area contributed by atoms with Gasteiger partial charge in [-0.25, -0.2) is 13.8 Å². The fraction of sp³-hybridized carbons (Fsp3) is 0.130. The van der Waals surface area contributed by atoms with Crippen LogP contribution in [0.15, 0.2) is 78.0 Å². The summed E-state index contributed by atoms with van der Waals surface area (Å²) in [6.07, 6.45) is 3.91. The fourth-order valence-corrected chi connectivity index (χ4v) is 4.06. The molecule has 0 aliphatic heterocycles. The minimum Gasteiger partial charge on any atom is -0.345 e. The molecule has 0 aliphatic carbocycles. The number of pyridine rings is 1. The molecule has 4 rings (SSSR count). The first-order valence-electron chi connectivity index (χ1n) is 9.41. The fourth-order valence-electron chi connectivity index (χ4n) is 3.13. The number of benzene rings is 2. The number of carbonyl (C=O) groups excluding carboxylic acids is 1. The highest BCUT2D eigenvalue weighted by molar-refractivity contribution is 7.98. The Hall–Kier alpha value is -3.19. The molecule has 1 N–H and O–H groups in total. The topological polar surface area (TPSA) is 46.4 Å². The van der Waals surface area contributed by atoms with E-state index >= 15 is 0 Å². The zero-order valence-electron chi connectivity index (χ0n) is 16.2. The smallest absolute Gasteiger partial charge is 0.252 e. The Labute approximate surface area is 177 Å². The van der Waals surface area contributed by atoms with E-state index in [0.29, 0.717) is 16.9 Å². The number of rotatable bonds is 6. The van der Waals surface area contributed by atoms with Crippen molar-refractivity contribution in [2.24, 2.45) is 0 Å². The Morgan fingerprint density at radius 2 is 1.90 bits per heavy atom. The second kappa shape index (κ2) is 8.67. The molecule has 2 aromatic heterocycles. The average Bonchev–Trinajstić information content (AvgIpc) is 3.17. The highest BCUT2D eigenvalue weighted by Gasteiger charge is 2.16. The van der Waals surface area contributed by atoms with Crippen LogP contribution in [-0.2, 0) is 5.75 Å². The van der Waals surface area contributed by atoms with Gasteiger partial charge in [-0.15, -0.1) is 11.8 Å². The lowest BCUT2D eigenvalue weighted by Gasteiger charge is -2.16. The summed E-state index contributed by atoms with van der Waals surface area (Å²) in [5.74, 6) is -1.50. The van der Waals surface area contributed by atoms with Crippen molar-refractivity contribution in [2.45, 2.75) is 23.6 Å². The van der Waals surface area contributed by atoms with Crippen LogP contribution in [0.1, 0.15) is 34.6 Å². The highest BCUT2D eigenvalue weighted by Crippen LogP contribution is 2.27. The predicted octanol–water partition coefficient (Wildman–Crippen LogP) is 5.40. The van der Waals surface area contributed by atoms with Crippen molar-refractivity contribution in [3.8, 4) is 0 Å². The molecule has 0 spiro atoms. The lowest BCUT2D eigenvalue weighted by molar-refractivity contribution is 0.0937. The molecule has 0 radical (unpaired) electrons. The summed E-state index contributed by atoms with van der Waals surface area (Å²) in [5, 5.41) is 2.86. The second-order valence-electron chi connectivity index (χ2n) is 6.85. The quantitative estimate of drug-likeness (QED) is 0.423. The summed E-state index contributed by atoms with van der Waals surface area (Å²) in [5.41, 5.74) is 2.81. The standard InChI is InChI=1S/C23H19F2N3OS/c1-15(16-9-10-19(24)20(25)12-16)26-23(29)18-6-2-3-7-21(18)30-14-17-13-28-11-5-4-8-22(28)27-17/h2-13,15H,14H2,1H3,(H,26,29)/t15-/m1/s1. The predicted molar refractivity (Wildman–Crippen MR) is 113 cm³/mol. The zero-order chi connectivity index (χ0) is 21.1. The third-order valence-electron chi connectivity index (χ3n) is 4.71. The Balaban J connectivity index is 1.47. The van der Waals surface area contributed by atoms with Gasteiger partial charge in [0.1, 0.15) is 5.65 Å². The second-order valence-corrected chi connectivity index (χ2v) is 7.87. The van der Waals surface area contributed by atoms with E-state index in [2.05, 4.69) is 10.3 Å². The zero-order valence-corrected chi connectivity index (χ0v) is 17.0. The molecule has 152 valence electrons. The van der Waals surface area contributed by atoms with Gasteiger partial charge in [0.15, 0.2) is 11.6 Å². The summed E-state index contributed by atoms with van der Waals surface area (Å²) in [6.45, 7) is 1.73. The van der Waals surface area contributed by atoms with Gasteiger partial charge < -0.3 is 9.72 Å². The Morgan fingerprint density at radius 3 is 2.70 bits per heavy atom. The first kappa shape index (κ1) is 20.1. The molecule has 1 atom stereocenters. The SMILES string of the molecule is C[C@@H](NC(=O)c1ccccc1SCc1cn2ccccc2n1)c1ccc(F)c(F)c1. The molecule has 0 fully saturated rings. The molecule has 0 bridgehead atoms. The number of nitrogens with one attached hydrogen (secondary N) is 1. The number of nitrogens with zero attached hydrogens (tertiary/aromatic N) is 2. The first-order chi connectivity index (χ1) is 14.5. The number of halogens is 2. The van der Waals surface area contributed by atoms with Gasteiger partial charge in [-0.05, 0) is 48.9 Å². The number of aromatic nitrogens is 2. The Morgan fingerprint density at radius 1 is 1.10 bits per heavy atom. The molecular weight excluding hydrogens is 404 g/mol. The van der Waals surface area contributed by atoms with E-state index in [4.69, 9.17) is 0 Å². The van der Waals surface area contributed by atoms with Crippen LogP contribution in [0.4, 0.5) is 8.78 Å². The Kier molecular flexibility index (Phi) is 5.81. The molecule has 0 aliphatic rings. The molecule has 2 aromatic carbocycles. The first-order valence-corrected chi connectivity index (χ1v) is 10.4. The summed E-state index contributed by atoms with van der Waals surface area (Å²) < 4.78 is 28.6. The molecule has 4 aromatic rings. The van der Waals surface area contributed by atoms with E-state index < -0.39 is 17.7 Å². The number of hydrogen-bond acceptors (Lipinski definition) is 3. The normalized spacial score (nSPS) is 12.1. The number of fused-ring (bicyclic) bond motifs is 1. The van der Waals surface area contributed by atoms with Crippen molar-refractivity contribution >= 4 is 23.3 Å². The van der Waals surface area contributed by atoms with E-state index in [1.807, 2.05) is 47.1 Å². The molecular formula is C23H19F2N3OS. The van der Waals surface area contributed by atoms with Crippen LogP contribution < -0.4 is 5.32 Å². The van der Waals surface area contributed by atoms with Gasteiger partial charge >= 0.3 is 0 Å². The summed E-state index contributed by atoms with van der Waals surface area (Å²) in [7, 11) is 0. The van der Waals surface area contributed by atoms with E-state index in [-0.39, 0.29) is 5.91 Å². The number of thioether (sulfide) groups is 1. The van der Waals surface area contributed by atoms with Gasteiger partial charge in [0, 0.05) is 23.0 Å². The van der Waals surface area contributed by atoms with E-state index in [1.54, 1.807) is 19.1 Å². The maximum atomic E-state index is 13.5. The monoisotopic (exact) mass is 423 g/mol. The van der Waals surface area contributed by atoms with Crippen LogP contribution in [0, 0.1) is 11.6 Å². The summed E-state index contributed by atoms with van der Waals surface area (Å²) >= 11 is 1.52. The third-order valence-corrected chi connectivity index (χ3v) is 5.82. The largest absolute Gasteiger partial charge is 0.345 e. The van der Waals surface area contributed by atoms with Crippen molar-refractivity contribution in [2.75, 3.05) is 0 Å². The third kappa shape index (κ3) is 4.36. The van der Waals surface area contributed by atoms with Crippen molar-refractivity contribution in [1.82, 2.24) is 14.7 Å². The van der Waals surface area contributed by atoms with E-state index in [0.717, 1.165) is 28.4 Å². The molecule has 0 saturated heterocycles. The van der Waals surface area contributed by atoms with Crippen LogP contribution in [0.25, 0.3) is 5.65 Å². The van der Waals surface area contributed by atoms with Gasteiger partial charge in [0.2, 0.25) is 0 Å². The summed E-state index contributed by atoms with van der Waals surface area (Å²) in [4.78, 5) is 18.2. The van der Waals surface area contributed by atoms with Crippen molar-refractivity contribution in [3.05, 3.63) is 102 Å². The lowest BCUT2D eigenvalue weighted by atomic mass is 10.1. The number of imidazole rings is 1. The van der Waals surface area contributed by atoms with E-state index in [9.17, 15) is 13.6 Å². The molecule has 4 nitrogen and oxygen atoms in total. The number of hydrogen-bond donors (Lipinski definition) is 1. The molecule has 30 heavy (non-hydrogen) atoms. The van der Waals surface area contributed by atoms with Crippen molar-refractivity contribution in [3.63, 3.8) is 0 Å². The average molecular weight is 423 g/mol. The molecule has 2 heterocycles. The molecule has 7 heteroatoms. The van der Waals surface area contributed by atoms with Gasteiger partial charge in [-0.3, -0.25) is 4.79 Å². The van der Waals surface area contributed by atoms with Crippen LogP contribution in [0.2, 0.25) is 0 Å². The highest BCUT2D eigenvalue weighted by atomic mass is 32.2. The van der Waals surface area contributed by atoms with Crippen molar-refractivity contribution < 1.29 is 13.6 Å². The number of carbonyl (C=O) groups is 1. The summed E-state index contributed by atoms with van der Waals surface area (Å²) in [6, 6.07) is 16.3. The molecule has 0 saturated carbocycles.